The van der Waals surface area contributed by atoms with E-state index in [0.29, 0.717) is 0 Å². The average Bonchev–Trinajstić information content (AvgIpc) is 2.30. The molecule has 7 nitrogen and oxygen atoms in total. The van der Waals surface area contributed by atoms with Gasteiger partial charge in [0.1, 0.15) is 18.3 Å². The van der Waals surface area contributed by atoms with Crippen LogP contribution < -0.4 is 0 Å². The molecule has 0 aromatic heterocycles. The lowest BCUT2D eigenvalue weighted by Crippen LogP contribution is -2.34. The molecule has 0 aromatic rings. The van der Waals surface area contributed by atoms with Gasteiger partial charge in [0.15, 0.2) is 0 Å². The summed E-state index contributed by atoms with van der Waals surface area (Å²) in [6.45, 7) is -0.504. The van der Waals surface area contributed by atoms with Crippen LogP contribution in [0.25, 0.3) is 0 Å². The van der Waals surface area contributed by atoms with Gasteiger partial charge in [0, 0.05) is 0 Å². The Morgan fingerprint density at radius 2 is 1.64 bits per heavy atom. The van der Waals surface area contributed by atoms with Gasteiger partial charge in [-0.25, -0.2) is 0 Å². The highest BCUT2D eigenvalue weighted by Gasteiger charge is 2.44. The number of aliphatic hydroxyl groups excluding tert-OH is 3. The number of hydrogen-bond donors (Lipinski definition) is 5. The number of hydrogen-bond acceptors (Lipinski definition) is 5. The van der Waals surface area contributed by atoms with E-state index in [9.17, 15) is 14.8 Å². The molecule has 0 aromatic carbocycles. The highest BCUT2D eigenvalue weighted by molar-refractivity contribution is 7.51. The summed E-state index contributed by atoms with van der Waals surface area (Å²) in [6, 6.07) is 0. The third-order valence-corrected chi connectivity index (χ3v) is 2.89. The molecule has 0 radical (unpaired) electrons. The molecule has 0 unspecified atom stereocenters. The van der Waals surface area contributed by atoms with E-state index in [1.54, 1.807) is 0 Å². The fourth-order valence-corrected chi connectivity index (χ4v) is 2.13. The van der Waals surface area contributed by atoms with Crippen LogP contribution in [0.4, 0.5) is 0 Å². The van der Waals surface area contributed by atoms with Crippen molar-refractivity contribution in [2.24, 2.45) is 0 Å². The number of ether oxygens (including phenoxy) is 1. The van der Waals surface area contributed by atoms with E-state index in [-0.39, 0.29) is 0 Å². The molecule has 0 aliphatic carbocycles. The third kappa shape index (κ3) is 2.74. The Kier molecular flexibility index (Phi) is 3.65. The maximum Gasteiger partial charge on any atom is 0.328 e. The molecule has 0 amide bonds. The number of aliphatic hydroxyl groups is 3. The molecule has 4 atom stereocenters. The molecule has 8 heteroatoms. The van der Waals surface area contributed by atoms with Crippen molar-refractivity contribution in [1.29, 1.82) is 0 Å². The van der Waals surface area contributed by atoms with Crippen LogP contribution in [-0.4, -0.2) is 62.3 Å². The Bertz CT molecular complexity index is 238. The molecule has 1 fully saturated rings. The maximum atomic E-state index is 10.6. The fourth-order valence-electron chi connectivity index (χ4n) is 1.36. The molecule has 84 valence electrons. The van der Waals surface area contributed by atoms with Crippen molar-refractivity contribution in [3.63, 3.8) is 0 Å². The van der Waals surface area contributed by atoms with E-state index < -0.39 is 44.8 Å². The second-order valence-electron chi connectivity index (χ2n) is 3.22. The second kappa shape index (κ2) is 4.24. The first kappa shape index (κ1) is 12.1. The lowest BCUT2D eigenvalue weighted by atomic mass is 10.1. The molecule has 0 saturated carbocycles. The van der Waals surface area contributed by atoms with Crippen molar-refractivity contribution in [3.8, 4) is 0 Å². The molecule has 14 heavy (non-hydrogen) atoms. The number of rotatable bonds is 3. The van der Waals surface area contributed by atoms with Gasteiger partial charge in [-0.2, -0.15) is 0 Å². The molecule has 1 saturated heterocycles. The summed E-state index contributed by atoms with van der Waals surface area (Å²) in [5.41, 5.74) is 0. The smallest absolute Gasteiger partial charge is 0.328 e. The van der Waals surface area contributed by atoms with Gasteiger partial charge in [-0.1, -0.05) is 0 Å². The molecule has 5 N–H and O–H groups in total. The van der Waals surface area contributed by atoms with E-state index in [4.69, 9.17) is 19.6 Å². The van der Waals surface area contributed by atoms with Gasteiger partial charge >= 0.3 is 7.60 Å². The van der Waals surface area contributed by atoms with Crippen molar-refractivity contribution in [2.45, 2.75) is 24.4 Å². The first-order valence-corrected chi connectivity index (χ1v) is 5.82. The van der Waals surface area contributed by atoms with Gasteiger partial charge in [-0.05, 0) is 0 Å². The van der Waals surface area contributed by atoms with Gasteiger partial charge < -0.3 is 29.8 Å². The van der Waals surface area contributed by atoms with Crippen LogP contribution in [0.15, 0.2) is 0 Å². The van der Waals surface area contributed by atoms with E-state index in [1.807, 2.05) is 0 Å². The molecule has 0 spiro atoms. The summed E-state index contributed by atoms with van der Waals surface area (Å²) in [5, 5.41) is 27.2. The maximum absolute atomic E-state index is 10.6. The van der Waals surface area contributed by atoms with Crippen LogP contribution in [0.3, 0.4) is 0 Å². The molecule has 1 aliphatic rings. The topological polar surface area (TPSA) is 127 Å². The third-order valence-electron chi connectivity index (χ3n) is 2.06. The quantitative estimate of drug-likeness (QED) is 0.342. The zero-order valence-corrected chi connectivity index (χ0v) is 8.12. The van der Waals surface area contributed by atoms with Crippen molar-refractivity contribution >= 4 is 7.60 Å². The van der Waals surface area contributed by atoms with Gasteiger partial charge in [-0.3, -0.25) is 4.57 Å². The van der Waals surface area contributed by atoms with Crippen LogP contribution in [0.5, 0.6) is 0 Å². The zero-order chi connectivity index (χ0) is 10.9. The van der Waals surface area contributed by atoms with Gasteiger partial charge in [0.2, 0.25) is 0 Å². The van der Waals surface area contributed by atoms with Crippen LogP contribution in [-0.2, 0) is 9.30 Å². The molecular weight excluding hydrogens is 215 g/mol. The van der Waals surface area contributed by atoms with Gasteiger partial charge in [0.25, 0.3) is 0 Å². The minimum absolute atomic E-state index is 0.504. The van der Waals surface area contributed by atoms with E-state index in [2.05, 4.69) is 0 Å². The molecule has 1 heterocycles. The lowest BCUT2D eigenvalue weighted by Gasteiger charge is -2.14. The van der Waals surface area contributed by atoms with E-state index in [1.165, 1.54) is 0 Å². The largest absolute Gasteiger partial charge is 0.394 e. The first-order chi connectivity index (χ1) is 6.35. The predicted molar refractivity (Wildman–Crippen MR) is 44.7 cm³/mol. The molecule has 1 rings (SSSR count). The van der Waals surface area contributed by atoms with Crippen molar-refractivity contribution in [3.05, 3.63) is 0 Å². The highest BCUT2D eigenvalue weighted by Crippen LogP contribution is 2.38. The van der Waals surface area contributed by atoms with Crippen LogP contribution in [0.2, 0.25) is 0 Å². The van der Waals surface area contributed by atoms with Crippen molar-refractivity contribution < 1.29 is 34.4 Å². The zero-order valence-electron chi connectivity index (χ0n) is 7.22. The summed E-state index contributed by atoms with van der Waals surface area (Å²) in [5.74, 6) is 0. The van der Waals surface area contributed by atoms with Gasteiger partial charge in [0.05, 0.1) is 18.9 Å². The van der Waals surface area contributed by atoms with Crippen LogP contribution in [0.1, 0.15) is 0 Å². The van der Waals surface area contributed by atoms with Gasteiger partial charge in [-0.15, -0.1) is 0 Å². The Morgan fingerprint density at radius 3 is 2.00 bits per heavy atom. The average molecular weight is 228 g/mol. The summed E-state index contributed by atoms with van der Waals surface area (Å²) in [4.78, 5) is 17.2. The normalized spacial score (nSPS) is 38.9. The van der Waals surface area contributed by atoms with Crippen molar-refractivity contribution in [1.82, 2.24) is 0 Å². The van der Waals surface area contributed by atoms with E-state index >= 15 is 0 Å². The monoisotopic (exact) mass is 228 g/mol. The molecule has 0 bridgehead atoms. The standard InChI is InChI=1S/C6H13O7P/c7-1-3-5(8)6(9)4(13-3)2-14(10,11)12/h3-9H,1-2H2,(H2,10,11,12)/t3-,4+,5-,6+/m1/s1. The Morgan fingerprint density at radius 1 is 1.14 bits per heavy atom. The van der Waals surface area contributed by atoms with Crippen LogP contribution >= 0.6 is 7.60 Å². The first-order valence-electron chi connectivity index (χ1n) is 4.02. The Labute approximate surface area is 80.1 Å². The minimum atomic E-state index is -4.29. The van der Waals surface area contributed by atoms with E-state index in [0.717, 1.165) is 0 Å². The Balaban J connectivity index is 2.61. The summed E-state index contributed by atoms with van der Waals surface area (Å²) >= 11 is 0. The second-order valence-corrected chi connectivity index (χ2v) is 4.92. The fraction of sp³-hybridized carbons (Fsp3) is 1.00. The SMILES string of the molecule is O=P(O)(O)C[C@@H]1O[C@H](CO)[C@@H](O)[C@H]1O. The minimum Gasteiger partial charge on any atom is -0.394 e. The molecular formula is C6H13O7P. The predicted octanol–water partition coefficient (Wildman–Crippen LogP) is -2.35. The lowest BCUT2D eigenvalue weighted by molar-refractivity contribution is -0.0172. The summed E-state index contributed by atoms with van der Waals surface area (Å²) in [6.07, 6.45) is -5.47. The summed E-state index contributed by atoms with van der Waals surface area (Å²) < 4.78 is 15.5. The highest BCUT2D eigenvalue weighted by atomic mass is 31.2. The summed E-state index contributed by atoms with van der Waals surface area (Å²) in [7, 11) is -4.29. The van der Waals surface area contributed by atoms with Crippen molar-refractivity contribution in [2.75, 3.05) is 12.8 Å². The molecule has 1 aliphatic heterocycles. The Hall–Kier alpha value is -0.0100. The van der Waals surface area contributed by atoms with Crippen LogP contribution in [0, 0.1) is 0 Å².